The average Bonchev–Trinajstić information content (AvgIpc) is 2.44. The van der Waals surface area contributed by atoms with Crippen molar-refractivity contribution < 1.29 is 24.8 Å². The molecule has 0 amide bonds. The maximum absolute atomic E-state index is 9.85. The minimum Gasteiger partial charge on any atom is -0.386 e. The highest BCUT2D eigenvalue weighted by Gasteiger charge is 2.44. The lowest BCUT2D eigenvalue weighted by Crippen LogP contribution is -2.58. The molecule has 0 bridgehead atoms. The van der Waals surface area contributed by atoms with Gasteiger partial charge >= 0.3 is 0 Å². The molecule has 0 aromatic heterocycles. The minimum atomic E-state index is -1.55. The van der Waals surface area contributed by atoms with E-state index in [2.05, 4.69) is 0 Å². The number of nitriles is 1. The molecule has 0 aliphatic carbocycles. The normalized spacial score (nSPS) is 34.7. The molecule has 1 heterocycles. The molecule has 0 radical (unpaired) electrons. The lowest BCUT2D eigenvalue weighted by atomic mass is 9.99. The van der Waals surface area contributed by atoms with Crippen LogP contribution in [0.3, 0.4) is 0 Å². The highest BCUT2D eigenvalue weighted by molar-refractivity contribution is 5.13. The second kappa shape index (κ2) is 6.10. The average molecular weight is 265 g/mol. The third kappa shape index (κ3) is 3.10. The summed E-state index contributed by atoms with van der Waals surface area (Å²) >= 11 is 0. The van der Waals surface area contributed by atoms with Crippen molar-refractivity contribution in [2.24, 2.45) is 0 Å². The maximum atomic E-state index is 9.85. The number of aliphatic hydroxyl groups excluding tert-OH is 3. The van der Waals surface area contributed by atoms with Gasteiger partial charge in [0, 0.05) is 0 Å². The highest BCUT2D eigenvalue weighted by atomic mass is 16.6. The first-order valence-corrected chi connectivity index (χ1v) is 5.88. The van der Waals surface area contributed by atoms with Gasteiger partial charge in [-0.1, -0.05) is 30.3 Å². The standard InChI is InChI=1S/C13H15NO5/c14-6-9-10(15)12(11(16)13(17)19-9)18-7-8-4-2-1-3-5-8/h1-5,9-13,15-17H,7H2/t9?,10-,11?,12-,13+/m0/s1. The van der Waals surface area contributed by atoms with E-state index in [-0.39, 0.29) is 6.61 Å². The molecule has 1 saturated heterocycles. The van der Waals surface area contributed by atoms with E-state index < -0.39 is 30.7 Å². The fourth-order valence-corrected chi connectivity index (χ4v) is 1.92. The molecule has 2 unspecified atom stereocenters. The molecule has 3 N–H and O–H groups in total. The van der Waals surface area contributed by atoms with Crippen LogP contribution in [-0.2, 0) is 16.1 Å². The van der Waals surface area contributed by atoms with E-state index in [0.717, 1.165) is 5.56 Å². The van der Waals surface area contributed by atoms with Gasteiger partial charge in [-0.05, 0) is 5.56 Å². The van der Waals surface area contributed by atoms with E-state index in [1.165, 1.54) is 0 Å². The smallest absolute Gasteiger partial charge is 0.185 e. The third-order valence-corrected chi connectivity index (χ3v) is 2.97. The lowest BCUT2D eigenvalue weighted by molar-refractivity contribution is -0.280. The fourth-order valence-electron chi connectivity index (χ4n) is 1.92. The summed E-state index contributed by atoms with van der Waals surface area (Å²) < 4.78 is 10.2. The Kier molecular flexibility index (Phi) is 4.47. The number of rotatable bonds is 3. The molecule has 5 atom stereocenters. The van der Waals surface area contributed by atoms with Gasteiger partial charge in [0.05, 0.1) is 12.7 Å². The second-order valence-electron chi connectivity index (χ2n) is 4.32. The third-order valence-electron chi connectivity index (χ3n) is 2.97. The van der Waals surface area contributed by atoms with Gasteiger partial charge in [0.2, 0.25) is 0 Å². The monoisotopic (exact) mass is 265 g/mol. The Hall–Kier alpha value is -1.49. The van der Waals surface area contributed by atoms with E-state index in [0.29, 0.717) is 0 Å². The van der Waals surface area contributed by atoms with Crippen molar-refractivity contribution in [1.82, 2.24) is 0 Å². The summed E-state index contributed by atoms with van der Waals surface area (Å²) in [5.41, 5.74) is 0.858. The summed E-state index contributed by atoms with van der Waals surface area (Å²) in [6, 6.07) is 10.9. The number of ether oxygens (including phenoxy) is 2. The molecule has 1 aromatic rings. The lowest BCUT2D eigenvalue weighted by Gasteiger charge is -2.37. The van der Waals surface area contributed by atoms with Crippen LogP contribution in [-0.4, -0.2) is 46.0 Å². The SMILES string of the molecule is N#CC1O[C@@H](O)C(O)[C@@H](OCc2ccccc2)[C@H]1O. The molecular weight excluding hydrogens is 250 g/mol. The zero-order valence-electron chi connectivity index (χ0n) is 10.1. The number of hydrogen-bond donors (Lipinski definition) is 3. The number of aliphatic hydroxyl groups is 3. The van der Waals surface area contributed by atoms with Crippen molar-refractivity contribution in [1.29, 1.82) is 5.26 Å². The van der Waals surface area contributed by atoms with Crippen LogP contribution >= 0.6 is 0 Å². The van der Waals surface area contributed by atoms with Crippen LogP contribution in [0.2, 0.25) is 0 Å². The van der Waals surface area contributed by atoms with E-state index >= 15 is 0 Å². The van der Waals surface area contributed by atoms with Gasteiger partial charge in [-0.2, -0.15) is 5.26 Å². The quantitative estimate of drug-likeness (QED) is 0.683. The highest BCUT2D eigenvalue weighted by Crippen LogP contribution is 2.23. The Morgan fingerprint density at radius 2 is 1.84 bits per heavy atom. The number of hydrogen-bond acceptors (Lipinski definition) is 6. The largest absolute Gasteiger partial charge is 0.386 e. The predicted molar refractivity (Wildman–Crippen MR) is 63.5 cm³/mol. The molecule has 1 fully saturated rings. The predicted octanol–water partition coefficient (Wildman–Crippen LogP) is -0.466. The molecule has 0 saturated carbocycles. The summed E-state index contributed by atoms with van der Waals surface area (Å²) in [7, 11) is 0. The molecule has 1 aliphatic heterocycles. The first kappa shape index (κ1) is 13.9. The maximum Gasteiger partial charge on any atom is 0.185 e. The van der Waals surface area contributed by atoms with Crippen LogP contribution in [0.25, 0.3) is 0 Å². The van der Waals surface area contributed by atoms with Crippen LogP contribution in [0.1, 0.15) is 5.56 Å². The Morgan fingerprint density at radius 1 is 1.16 bits per heavy atom. The van der Waals surface area contributed by atoms with Crippen LogP contribution < -0.4 is 0 Å². The van der Waals surface area contributed by atoms with Crippen molar-refractivity contribution in [2.45, 2.75) is 37.3 Å². The van der Waals surface area contributed by atoms with Gasteiger partial charge < -0.3 is 24.8 Å². The van der Waals surface area contributed by atoms with Crippen molar-refractivity contribution in [2.75, 3.05) is 0 Å². The second-order valence-corrected chi connectivity index (χ2v) is 4.32. The van der Waals surface area contributed by atoms with Gasteiger partial charge in [-0.15, -0.1) is 0 Å². The Morgan fingerprint density at radius 3 is 2.47 bits per heavy atom. The van der Waals surface area contributed by atoms with Gasteiger partial charge in [0.15, 0.2) is 12.4 Å². The van der Waals surface area contributed by atoms with Gasteiger partial charge in [-0.3, -0.25) is 0 Å². The zero-order valence-corrected chi connectivity index (χ0v) is 10.1. The van der Waals surface area contributed by atoms with Crippen LogP contribution in [0.4, 0.5) is 0 Å². The molecule has 2 rings (SSSR count). The summed E-state index contributed by atoms with van der Waals surface area (Å²) in [5, 5.41) is 37.8. The molecule has 6 heteroatoms. The molecular formula is C13H15NO5. The van der Waals surface area contributed by atoms with E-state index in [1.54, 1.807) is 6.07 Å². The van der Waals surface area contributed by atoms with Crippen molar-refractivity contribution in [3.63, 3.8) is 0 Å². The number of nitrogens with zero attached hydrogens (tertiary/aromatic N) is 1. The Labute approximate surface area is 110 Å². The molecule has 0 spiro atoms. The van der Waals surface area contributed by atoms with E-state index in [1.807, 2.05) is 30.3 Å². The van der Waals surface area contributed by atoms with E-state index in [4.69, 9.17) is 14.7 Å². The van der Waals surface area contributed by atoms with Crippen LogP contribution in [0.15, 0.2) is 30.3 Å². The molecule has 19 heavy (non-hydrogen) atoms. The summed E-state index contributed by atoms with van der Waals surface area (Å²) in [4.78, 5) is 0. The fraction of sp³-hybridized carbons (Fsp3) is 0.462. The Balaban J connectivity index is 2.02. The first-order chi connectivity index (χ1) is 9.13. The molecule has 6 nitrogen and oxygen atoms in total. The van der Waals surface area contributed by atoms with Crippen molar-refractivity contribution in [3.05, 3.63) is 35.9 Å². The first-order valence-electron chi connectivity index (χ1n) is 5.88. The molecule has 1 aromatic carbocycles. The summed E-state index contributed by atoms with van der Waals surface area (Å²) in [5.74, 6) is 0. The topological polar surface area (TPSA) is 103 Å². The molecule has 102 valence electrons. The minimum absolute atomic E-state index is 0.157. The van der Waals surface area contributed by atoms with Crippen LogP contribution in [0.5, 0.6) is 0 Å². The van der Waals surface area contributed by atoms with Gasteiger partial charge in [0.25, 0.3) is 0 Å². The van der Waals surface area contributed by atoms with Crippen molar-refractivity contribution >= 4 is 0 Å². The van der Waals surface area contributed by atoms with Crippen LogP contribution in [0, 0.1) is 11.3 Å². The Bertz CT molecular complexity index is 446. The summed E-state index contributed by atoms with van der Waals surface area (Å²) in [6.45, 7) is 0.157. The van der Waals surface area contributed by atoms with Crippen molar-refractivity contribution in [3.8, 4) is 6.07 Å². The van der Waals surface area contributed by atoms with E-state index in [9.17, 15) is 15.3 Å². The van der Waals surface area contributed by atoms with Gasteiger partial charge in [-0.25, -0.2) is 0 Å². The number of benzene rings is 1. The summed E-state index contributed by atoms with van der Waals surface area (Å²) in [6.07, 6.45) is -6.56. The molecule has 1 aliphatic rings. The zero-order chi connectivity index (χ0) is 13.8. The van der Waals surface area contributed by atoms with Gasteiger partial charge in [0.1, 0.15) is 18.3 Å².